The van der Waals surface area contributed by atoms with Crippen molar-refractivity contribution in [3.05, 3.63) is 59.4 Å². The Morgan fingerprint density at radius 3 is 2.57 bits per heavy atom. The number of aromatic nitrogens is 2. The first-order chi connectivity index (χ1) is 14.5. The molecule has 0 aliphatic rings. The van der Waals surface area contributed by atoms with E-state index in [1.54, 1.807) is 0 Å². The molecule has 5 nitrogen and oxygen atoms in total. The Labute approximate surface area is 179 Å². The largest absolute Gasteiger partial charge is 0.493 e. The topological polar surface area (TPSA) is 56.2 Å². The van der Waals surface area contributed by atoms with Gasteiger partial charge in [0.1, 0.15) is 11.6 Å². The maximum atomic E-state index is 12.1. The van der Waals surface area contributed by atoms with Gasteiger partial charge in [0, 0.05) is 13.0 Å². The third-order valence-corrected chi connectivity index (χ3v) is 5.36. The number of carbonyl (C=O) groups is 1. The van der Waals surface area contributed by atoms with Crippen LogP contribution in [-0.4, -0.2) is 22.1 Å². The van der Waals surface area contributed by atoms with E-state index < -0.39 is 0 Å². The molecule has 0 spiro atoms. The summed E-state index contributed by atoms with van der Waals surface area (Å²) < 4.78 is 8.29. The van der Waals surface area contributed by atoms with Crippen LogP contribution in [0.2, 0.25) is 0 Å². The number of ether oxygens (including phenoxy) is 1. The van der Waals surface area contributed by atoms with E-state index >= 15 is 0 Å². The van der Waals surface area contributed by atoms with Crippen LogP contribution in [0.3, 0.4) is 0 Å². The summed E-state index contributed by atoms with van der Waals surface area (Å²) in [7, 11) is 0. The summed E-state index contributed by atoms with van der Waals surface area (Å²) in [5.74, 6) is 1.99. The molecule has 160 valence electrons. The van der Waals surface area contributed by atoms with E-state index in [-0.39, 0.29) is 11.9 Å². The van der Waals surface area contributed by atoms with Crippen molar-refractivity contribution in [2.75, 3.05) is 6.61 Å². The second-order valence-electron chi connectivity index (χ2n) is 7.93. The van der Waals surface area contributed by atoms with Gasteiger partial charge in [0.2, 0.25) is 5.91 Å². The van der Waals surface area contributed by atoms with E-state index in [4.69, 9.17) is 9.72 Å². The van der Waals surface area contributed by atoms with Gasteiger partial charge in [-0.2, -0.15) is 0 Å². The molecule has 3 rings (SSSR count). The van der Waals surface area contributed by atoms with Crippen LogP contribution in [0.5, 0.6) is 5.75 Å². The van der Waals surface area contributed by atoms with Crippen LogP contribution in [0.15, 0.2) is 42.5 Å². The average molecular weight is 408 g/mol. The number of aryl methyl sites for hydroxylation is 3. The number of amides is 1. The molecular formula is C25H33N3O2. The van der Waals surface area contributed by atoms with Gasteiger partial charge in [-0.05, 0) is 63.3 Å². The minimum Gasteiger partial charge on any atom is -0.493 e. The smallest absolute Gasteiger partial charge is 0.220 e. The first kappa shape index (κ1) is 21.9. The Kier molecular flexibility index (Phi) is 7.50. The fourth-order valence-electron chi connectivity index (χ4n) is 3.84. The van der Waals surface area contributed by atoms with Crippen LogP contribution in [0.1, 0.15) is 62.5 Å². The summed E-state index contributed by atoms with van der Waals surface area (Å²) in [4.78, 5) is 16.9. The van der Waals surface area contributed by atoms with E-state index in [1.165, 1.54) is 11.1 Å². The fourth-order valence-corrected chi connectivity index (χ4v) is 3.84. The lowest BCUT2D eigenvalue weighted by molar-refractivity contribution is -0.121. The molecule has 0 saturated carbocycles. The lowest BCUT2D eigenvalue weighted by Crippen LogP contribution is -2.28. The molecule has 0 radical (unpaired) electrons. The highest BCUT2D eigenvalue weighted by molar-refractivity contribution is 5.78. The second kappa shape index (κ2) is 10.3. The molecule has 5 heteroatoms. The average Bonchev–Trinajstić information content (AvgIpc) is 3.08. The fraction of sp³-hybridized carbons (Fsp3) is 0.440. The molecular weight excluding hydrogens is 374 g/mol. The van der Waals surface area contributed by atoms with Crippen molar-refractivity contribution in [1.82, 2.24) is 14.9 Å². The third-order valence-electron chi connectivity index (χ3n) is 5.36. The molecule has 2 aromatic carbocycles. The monoisotopic (exact) mass is 407 g/mol. The summed E-state index contributed by atoms with van der Waals surface area (Å²) in [5, 5.41) is 3.09. The zero-order chi connectivity index (χ0) is 21.5. The predicted molar refractivity (Wildman–Crippen MR) is 122 cm³/mol. The van der Waals surface area contributed by atoms with Gasteiger partial charge in [-0.3, -0.25) is 4.79 Å². The van der Waals surface area contributed by atoms with Gasteiger partial charge < -0.3 is 14.6 Å². The highest BCUT2D eigenvalue weighted by Crippen LogP contribution is 2.24. The van der Waals surface area contributed by atoms with Crippen LogP contribution in [0.25, 0.3) is 11.0 Å². The Hall–Kier alpha value is -2.82. The molecule has 3 aromatic rings. The standard InChI is InChI=1S/C25H33N3O2/c1-5-11-23(29)26-20(4)25-27-21-14-6-7-15-22(21)28(25)16-8-9-17-30-24-18(2)12-10-13-19(24)3/h6-7,10,12-15,20H,5,8-9,11,16-17H2,1-4H3,(H,26,29). The van der Waals surface area contributed by atoms with E-state index in [0.717, 1.165) is 48.4 Å². The molecule has 0 aliphatic heterocycles. The van der Waals surface area contributed by atoms with Crippen LogP contribution >= 0.6 is 0 Å². The van der Waals surface area contributed by atoms with Crippen molar-refractivity contribution in [2.24, 2.45) is 0 Å². The molecule has 1 amide bonds. The Morgan fingerprint density at radius 1 is 1.10 bits per heavy atom. The highest BCUT2D eigenvalue weighted by atomic mass is 16.5. The van der Waals surface area contributed by atoms with Gasteiger partial charge in [-0.25, -0.2) is 4.98 Å². The number of hydrogen-bond donors (Lipinski definition) is 1. The van der Waals surface area contributed by atoms with Gasteiger partial charge >= 0.3 is 0 Å². The highest BCUT2D eigenvalue weighted by Gasteiger charge is 2.18. The van der Waals surface area contributed by atoms with Crippen LogP contribution in [0.4, 0.5) is 0 Å². The minimum atomic E-state index is -0.123. The number of unbranched alkanes of at least 4 members (excludes halogenated alkanes) is 1. The maximum Gasteiger partial charge on any atom is 0.220 e. The number of para-hydroxylation sites is 3. The van der Waals surface area contributed by atoms with E-state index in [9.17, 15) is 4.79 Å². The zero-order valence-corrected chi connectivity index (χ0v) is 18.6. The van der Waals surface area contributed by atoms with Crippen molar-refractivity contribution in [2.45, 2.75) is 66.0 Å². The zero-order valence-electron chi connectivity index (χ0n) is 18.6. The number of nitrogens with zero attached hydrogens (tertiary/aromatic N) is 2. The van der Waals surface area contributed by atoms with Gasteiger partial charge in [0.25, 0.3) is 0 Å². The van der Waals surface area contributed by atoms with Crippen molar-refractivity contribution in [3.63, 3.8) is 0 Å². The van der Waals surface area contributed by atoms with Crippen molar-refractivity contribution in [1.29, 1.82) is 0 Å². The van der Waals surface area contributed by atoms with Crippen LogP contribution < -0.4 is 10.1 Å². The number of imidazole rings is 1. The van der Waals surface area contributed by atoms with E-state index in [2.05, 4.69) is 48.0 Å². The number of benzene rings is 2. The van der Waals surface area contributed by atoms with Gasteiger partial charge in [0.05, 0.1) is 23.7 Å². The lowest BCUT2D eigenvalue weighted by Gasteiger charge is -2.17. The van der Waals surface area contributed by atoms with Crippen molar-refractivity contribution < 1.29 is 9.53 Å². The summed E-state index contributed by atoms with van der Waals surface area (Å²) >= 11 is 0. The van der Waals surface area contributed by atoms with E-state index in [1.807, 2.05) is 32.0 Å². The van der Waals surface area contributed by atoms with Crippen molar-refractivity contribution >= 4 is 16.9 Å². The molecule has 1 heterocycles. The lowest BCUT2D eigenvalue weighted by atomic mass is 10.1. The van der Waals surface area contributed by atoms with Gasteiger partial charge in [0.15, 0.2) is 0 Å². The number of hydrogen-bond acceptors (Lipinski definition) is 3. The first-order valence-electron chi connectivity index (χ1n) is 10.9. The third kappa shape index (κ3) is 5.21. The van der Waals surface area contributed by atoms with Crippen LogP contribution in [-0.2, 0) is 11.3 Å². The minimum absolute atomic E-state index is 0.0746. The summed E-state index contributed by atoms with van der Waals surface area (Å²) in [6, 6.07) is 14.3. The summed E-state index contributed by atoms with van der Waals surface area (Å²) in [6.45, 7) is 9.73. The number of rotatable bonds is 10. The molecule has 0 aliphatic carbocycles. The molecule has 1 unspecified atom stereocenters. The molecule has 30 heavy (non-hydrogen) atoms. The number of fused-ring (bicyclic) bond motifs is 1. The molecule has 1 aromatic heterocycles. The molecule has 0 bridgehead atoms. The van der Waals surface area contributed by atoms with Crippen molar-refractivity contribution in [3.8, 4) is 5.75 Å². The quantitative estimate of drug-likeness (QED) is 0.452. The SMILES string of the molecule is CCCC(=O)NC(C)c1nc2ccccc2n1CCCCOc1c(C)cccc1C. The molecule has 0 fully saturated rings. The number of nitrogens with one attached hydrogen (secondary N) is 1. The van der Waals surface area contributed by atoms with E-state index in [0.29, 0.717) is 13.0 Å². The molecule has 0 saturated heterocycles. The Balaban J connectivity index is 1.65. The Bertz CT molecular complexity index is 973. The summed E-state index contributed by atoms with van der Waals surface area (Å²) in [5.41, 5.74) is 4.43. The van der Waals surface area contributed by atoms with Crippen LogP contribution in [0, 0.1) is 13.8 Å². The maximum absolute atomic E-state index is 12.1. The predicted octanol–water partition coefficient (Wildman–Crippen LogP) is 5.49. The number of carbonyl (C=O) groups excluding carboxylic acids is 1. The van der Waals surface area contributed by atoms with Gasteiger partial charge in [-0.15, -0.1) is 0 Å². The normalized spacial score (nSPS) is 12.1. The molecule has 1 N–H and O–H groups in total. The second-order valence-corrected chi connectivity index (χ2v) is 7.93. The Morgan fingerprint density at radius 2 is 1.83 bits per heavy atom. The van der Waals surface area contributed by atoms with Gasteiger partial charge in [-0.1, -0.05) is 37.3 Å². The first-order valence-corrected chi connectivity index (χ1v) is 10.9. The summed E-state index contributed by atoms with van der Waals surface area (Å²) in [6.07, 6.45) is 3.32. The molecule has 1 atom stereocenters.